The van der Waals surface area contributed by atoms with Gasteiger partial charge in [-0.05, 0) is 59.4 Å². The number of carbonyl (C=O) groups excluding carboxylic acids is 1. The molecule has 0 bridgehead atoms. The van der Waals surface area contributed by atoms with Crippen LogP contribution in [-0.4, -0.2) is 16.9 Å². The molecule has 1 heterocycles. The molecule has 0 saturated carbocycles. The molecule has 0 aromatic heterocycles. The average Bonchev–Trinajstić information content (AvgIpc) is 2.34. The molecule has 0 spiro atoms. The minimum Gasteiger partial charge on any atom is -0.324 e. The first kappa shape index (κ1) is 13.5. The minimum absolute atomic E-state index is 0.0813. The highest BCUT2D eigenvalue weighted by molar-refractivity contribution is 14.1. The molecule has 92 valence electrons. The number of halogens is 2. The van der Waals surface area contributed by atoms with E-state index in [1.165, 1.54) is 6.42 Å². The van der Waals surface area contributed by atoms with Crippen LogP contribution < -0.4 is 5.32 Å². The Kier molecular flexibility index (Phi) is 4.99. The summed E-state index contributed by atoms with van der Waals surface area (Å²) in [6.45, 7) is 0. The predicted molar refractivity (Wildman–Crippen MR) is 82.9 cm³/mol. The van der Waals surface area contributed by atoms with Gasteiger partial charge < -0.3 is 5.32 Å². The molecule has 5 heteroatoms. The molecule has 17 heavy (non-hydrogen) atoms. The zero-order valence-corrected chi connectivity index (χ0v) is 12.9. The summed E-state index contributed by atoms with van der Waals surface area (Å²) in [6, 6.07) is 5.65. The smallest absolute Gasteiger partial charge is 0.237 e. The van der Waals surface area contributed by atoms with Crippen molar-refractivity contribution < 1.29 is 4.79 Å². The average molecular weight is 382 g/mol. The molecule has 2 rings (SSSR count). The lowest BCUT2D eigenvalue weighted by molar-refractivity contribution is -0.115. The normalized spacial score (nSPS) is 20.0. The van der Waals surface area contributed by atoms with Crippen LogP contribution in [0, 0.1) is 3.57 Å². The van der Waals surface area contributed by atoms with E-state index in [2.05, 4.69) is 27.9 Å². The Morgan fingerprint density at radius 3 is 2.94 bits per heavy atom. The van der Waals surface area contributed by atoms with E-state index in [0.717, 1.165) is 22.2 Å². The van der Waals surface area contributed by atoms with Crippen LogP contribution in [0.3, 0.4) is 0 Å². The molecule has 1 aliphatic rings. The van der Waals surface area contributed by atoms with E-state index >= 15 is 0 Å². The van der Waals surface area contributed by atoms with Gasteiger partial charge in [-0.3, -0.25) is 4.79 Å². The minimum atomic E-state index is 0.0813. The summed E-state index contributed by atoms with van der Waals surface area (Å²) in [6.07, 6.45) is 3.34. The maximum atomic E-state index is 12.0. The summed E-state index contributed by atoms with van der Waals surface area (Å²) in [5.41, 5.74) is 0.711. The molecule has 0 aliphatic carbocycles. The molecule has 1 N–H and O–H groups in total. The summed E-state index contributed by atoms with van der Waals surface area (Å²) in [7, 11) is 0. The van der Waals surface area contributed by atoms with Crippen molar-refractivity contribution in [2.45, 2.75) is 24.5 Å². The zero-order chi connectivity index (χ0) is 12.3. The van der Waals surface area contributed by atoms with Crippen LogP contribution in [0.2, 0.25) is 5.02 Å². The van der Waals surface area contributed by atoms with Gasteiger partial charge in [0.15, 0.2) is 0 Å². The Labute approximate surface area is 124 Å². The van der Waals surface area contributed by atoms with Gasteiger partial charge in [-0.1, -0.05) is 18.0 Å². The molecule has 1 saturated heterocycles. The molecule has 1 unspecified atom stereocenters. The first-order valence-electron chi connectivity index (χ1n) is 5.54. The fraction of sp³-hybridized carbons (Fsp3) is 0.417. The number of nitrogens with one attached hydrogen (secondary N) is 1. The lowest BCUT2D eigenvalue weighted by Crippen LogP contribution is -2.27. The highest BCUT2D eigenvalue weighted by atomic mass is 127. The number of hydrogen-bond donors (Lipinski definition) is 1. The number of benzene rings is 1. The van der Waals surface area contributed by atoms with E-state index in [-0.39, 0.29) is 11.2 Å². The van der Waals surface area contributed by atoms with E-state index < -0.39 is 0 Å². The highest BCUT2D eigenvalue weighted by Gasteiger charge is 2.22. The summed E-state index contributed by atoms with van der Waals surface area (Å²) < 4.78 is 1.07. The third kappa shape index (κ3) is 3.76. The molecule has 1 aliphatic heterocycles. The lowest BCUT2D eigenvalue weighted by Gasteiger charge is -2.20. The van der Waals surface area contributed by atoms with Crippen molar-refractivity contribution in [3.05, 3.63) is 26.8 Å². The molecule has 2 nitrogen and oxygen atoms in total. The number of carbonyl (C=O) groups is 1. The van der Waals surface area contributed by atoms with Crippen molar-refractivity contribution in [1.29, 1.82) is 0 Å². The predicted octanol–water partition coefficient (Wildman–Crippen LogP) is 4.17. The van der Waals surface area contributed by atoms with Gasteiger partial charge in [0.1, 0.15) is 0 Å². The van der Waals surface area contributed by atoms with E-state index in [0.29, 0.717) is 10.7 Å². The van der Waals surface area contributed by atoms with Crippen LogP contribution >= 0.6 is 46.0 Å². The Balaban J connectivity index is 2.02. The number of rotatable bonds is 2. The van der Waals surface area contributed by atoms with Crippen LogP contribution in [0.1, 0.15) is 19.3 Å². The molecular weight excluding hydrogens is 369 g/mol. The summed E-state index contributed by atoms with van der Waals surface area (Å²) in [5, 5.41) is 3.60. The second-order valence-electron chi connectivity index (χ2n) is 3.97. The van der Waals surface area contributed by atoms with Crippen LogP contribution in [0.4, 0.5) is 5.69 Å². The zero-order valence-electron chi connectivity index (χ0n) is 9.21. The standard InChI is InChI=1S/C12H13ClINOS/c13-9-7-8(14)4-5-10(9)15-12(16)11-3-1-2-6-17-11/h4-5,7,11H,1-3,6H2,(H,15,16). The Morgan fingerprint density at radius 1 is 1.47 bits per heavy atom. The maximum Gasteiger partial charge on any atom is 0.237 e. The summed E-state index contributed by atoms with van der Waals surface area (Å²) in [4.78, 5) is 12.0. The number of thioether (sulfide) groups is 1. The molecule has 0 radical (unpaired) electrons. The van der Waals surface area contributed by atoms with E-state index in [9.17, 15) is 4.79 Å². The number of hydrogen-bond acceptors (Lipinski definition) is 2. The van der Waals surface area contributed by atoms with Crippen molar-refractivity contribution in [3.8, 4) is 0 Å². The van der Waals surface area contributed by atoms with Crippen molar-refractivity contribution in [2.75, 3.05) is 11.1 Å². The van der Waals surface area contributed by atoms with Crippen LogP contribution in [-0.2, 0) is 4.79 Å². The van der Waals surface area contributed by atoms with Gasteiger partial charge in [0.05, 0.1) is 16.0 Å². The SMILES string of the molecule is O=C(Nc1ccc(I)cc1Cl)C1CCCCS1. The van der Waals surface area contributed by atoms with Gasteiger partial charge in [0, 0.05) is 3.57 Å². The van der Waals surface area contributed by atoms with Crippen molar-refractivity contribution in [2.24, 2.45) is 0 Å². The topological polar surface area (TPSA) is 29.1 Å². The molecule has 1 amide bonds. The first-order valence-corrected chi connectivity index (χ1v) is 8.05. The summed E-state index contributed by atoms with van der Waals surface area (Å²) in [5.74, 6) is 1.16. The van der Waals surface area contributed by atoms with Gasteiger partial charge in [-0.15, -0.1) is 11.8 Å². The molecule has 1 atom stereocenters. The Bertz CT molecular complexity index is 421. The molecule has 1 fully saturated rings. The molecule has 1 aromatic rings. The quantitative estimate of drug-likeness (QED) is 0.779. The van der Waals surface area contributed by atoms with Gasteiger partial charge in [-0.25, -0.2) is 0 Å². The van der Waals surface area contributed by atoms with Gasteiger partial charge in [0.2, 0.25) is 5.91 Å². The second-order valence-corrected chi connectivity index (χ2v) is 6.93. The Hall–Kier alpha value is 0.0600. The maximum absolute atomic E-state index is 12.0. The van der Waals surface area contributed by atoms with E-state index in [1.54, 1.807) is 11.8 Å². The van der Waals surface area contributed by atoms with E-state index in [4.69, 9.17) is 11.6 Å². The van der Waals surface area contributed by atoms with Crippen LogP contribution in [0.25, 0.3) is 0 Å². The van der Waals surface area contributed by atoms with Gasteiger partial charge in [-0.2, -0.15) is 0 Å². The fourth-order valence-corrected chi connectivity index (χ4v) is 3.85. The van der Waals surface area contributed by atoms with E-state index in [1.807, 2.05) is 18.2 Å². The second kappa shape index (κ2) is 6.29. The first-order chi connectivity index (χ1) is 8.16. The van der Waals surface area contributed by atoms with Gasteiger partial charge in [0.25, 0.3) is 0 Å². The number of amides is 1. The van der Waals surface area contributed by atoms with Crippen molar-refractivity contribution >= 4 is 57.5 Å². The number of anilines is 1. The monoisotopic (exact) mass is 381 g/mol. The third-order valence-corrected chi connectivity index (χ3v) is 5.02. The van der Waals surface area contributed by atoms with Crippen molar-refractivity contribution in [3.63, 3.8) is 0 Å². The molecular formula is C12H13ClINOS. The lowest BCUT2D eigenvalue weighted by atomic mass is 10.2. The third-order valence-electron chi connectivity index (χ3n) is 2.66. The molecule has 1 aromatic carbocycles. The van der Waals surface area contributed by atoms with Gasteiger partial charge >= 0.3 is 0 Å². The fourth-order valence-electron chi connectivity index (χ4n) is 1.75. The summed E-state index contributed by atoms with van der Waals surface area (Å²) >= 11 is 10.0. The highest BCUT2D eigenvalue weighted by Crippen LogP contribution is 2.28. The van der Waals surface area contributed by atoms with Crippen LogP contribution in [0.5, 0.6) is 0 Å². The Morgan fingerprint density at radius 2 is 2.29 bits per heavy atom. The van der Waals surface area contributed by atoms with Crippen molar-refractivity contribution in [1.82, 2.24) is 0 Å². The largest absolute Gasteiger partial charge is 0.324 e. The van der Waals surface area contributed by atoms with Crippen LogP contribution in [0.15, 0.2) is 18.2 Å².